The van der Waals surface area contributed by atoms with Crippen LogP contribution >= 0.6 is 54.5 Å². The Morgan fingerprint density at radius 3 is 1.83 bits per heavy atom. The maximum atomic E-state index is 8.64. The highest BCUT2D eigenvalue weighted by Gasteiger charge is 1.99. The predicted octanol–water partition coefficient (Wildman–Crippen LogP) is 4.27. The van der Waals surface area contributed by atoms with Crippen LogP contribution in [-0.4, -0.2) is 10.2 Å². The Morgan fingerprint density at radius 1 is 0.833 bits per heavy atom. The molecule has 0 aliphatic rings. The summed E-state index contributed by atoms with van der Waals surface area (Å²) in [5.74, 6) is 0. The van der Waals surface area contributed by atoms with Crippen molar-refractivity contribution in [2.24, 2.45) is 0 Å². The molecule has 0 bridgehead atoms. The van der Waals surface area contributed by atoms with Crippen LogP contribution in [0, 0.1) is 0 Å². The lowest BCUT2D eigenvalue weighted by Crippen LogP contribution is -1.85. The molecule has 100 valence electrons. The van der Waals surface area contributed by atoms with Gasteiger partial charge in [-0.05, 0) is 34.0 Å². The van der Waals surface area contributed by atoms with Gasteiger partial charge in [0.05, 0.1) is 13.2 Å². The highest BCUT2D eigenvalue weighted by atomic mass is 79.9. The number of hydrogen-bond donors (Lipinski definition) is 2. The molecule has 2 heterocycles. The molecule has 0 radical (unpaired) electrons. The van der Waals surface area contributed by atoms with Crippen LogP contribution in [-0.2, 0) is 23.9 Å². The van der Waals surface area contributed by atoms with Gasteiger partial charge in [0.25, 0.3) is 0 Å². The van der Waals surface area contributed by atoms with Crippen molar-refractivity contribution in [3.63, 3.8) is 0 Å². The molecular formula is C12H14Br2O2S2. The van der Waals surface area contributed by atoms with Gasteiger partial charge in [0.15, 0.2) is 0 Å². The average Bonchev–Trinajstić information content (AvgIpc) is 3.06. The zero-order chi connectivity index (χ0) is 13.4. The van der Waals surface area contributed by atoms with Crippen molar-refractivity contribution in [3.05, 3.63) is 43.8 Å². The molecule has 0 amide bonds. The Kier molecular flexibility index (Phi) is 8.37. The molecule has 0 spiro atoms. The highest BCUT2D eigenvalue weighted by molar-refractivity contribution is 9.09. The first-order valence-electron chi connectivity index (χ1n) is 5.20. The quantitative estimate of drug-likeness (QED) is 0.734. The number of alkyl halides is 2. The Morgan fingerprint density at radius 2 is 1.44 bits per heavy atom. The van der Waals surface area contributed by atoms with E-state index in [1.165, 1.54) is 21.8 Å². The van der Waals surface area contributed by atoms with Gasteiger partial charge in [0, 0.05) is 20.4 Å². The summed E-state index contributed by atoms with van der Waals surface area (Å²) in [7, 11) is 0. The summed E-state index contributed by atoms with van der Waals surface area (Å²) in [5, 5.41) is 23.2. The summed E-state index contributed by atoms with van der Waals surface area (Å²) in [6.07, 6.45) is 0. The van der Waals surface area contributed by atoms with E-state index in [9.17, 15) is 0 Å². The Bertz CT molecular complexity index is 375. The summed E-state index contributed by atoms with van der Waals surface area (Å²) < 4.78 is 0. The standard InChI is InChI=1S/C6H6Br2S.C6H8O2S/c2*7-3-5-1-2-9-6(5)4-8/h1-2H,3-4H2;1-2,7-8H,3-4H2. The van der Waals surface area contributed by atoms with E-state index in [0.29, 0.717) is 0 Å². The van der Waals surface area contributed by atoms with Gasteiger partial charge >= 0.3 is 0 Å². The van der Waals surface area contributed by atoms with Crippen LogP contribution in [0.1, 0.15) is 20.9 Å². The zero-order valence-corrected chi connectivity index (χ0v) is 14.4. The summed E-state index contributed by atoms with van der Waals surface area (Å²) in [6, 6.07) is 3.96. The van der Waals surface area contributed by atoms with Crippen molar-refractivity contribution >= 4 is 54.5 Å². The van der Waals surface area contributed by atoms with Crippen LogP contribution < -0.4 is 0 Å². The van der Waals surface area contributed by atoms with Crippen molar-refractivity contribution in [3.8, 4) is 0 Å². The van der Waals surface area contributed by atoms with E-state index in [0.717, 1.165) is 21.1 Å². The molecule has 2 nitrogen and oxygen atoms in total. The van der Waals surface area contributed by atoms with Crippen molar-refractivity contribution < 1.29 is 10.2 Å². The maximum Gasteiger partial charge on any atom is 0.0778 e. The SMILES string of the molecule is BrCc1ccsc1CBr.OCc1ccsc1CO. The number of hydrogen-bond acceptors (Lipinski definition) is 4. The lowest BCUT2D eigenvalue weighted by atomic mass is 10.3. The minimum atomic E-state index is 0.0272. The summed E-state index contributed by atoms with van der Waals surface area (Å²) in [5.41, 5.74) is 2.24. The predicted molar refractivity (Wildman–Crippen MR) is 85.7 cm³/mol. The van der Waals surface area contributed by atoms with Crippen LogP contribution in [0.5, 0.6) is 0 Å². The van der Waals surface area contributed by atoms with E-state index in [1.807, 2.05) is 11.4 Å². The van der Waals surface area contributed by atoms with E-state index in [-0.39, 0.29) is 13.2 Å². The van der Waals surface area contributed by atoms with Gasteiger partial charge in [-0.1, -0.05) is 31.9 Å². The summed E-state index contributed by atoms with van der Waals surface area (Å²) in [6.45, 7) is 0.0625. The van der Waals surface area contributed by atoms with Crippen LogP contribution in [0.3, 0.4) is 0 Å². The number of thiophene rings is 2. The number of rotatable bonds is 4. The van der Waals surface area contributed by atoms with Crippen molar-refractivity contribution in [1.29, 1.82) is 0 Å². The van der Waals surface area contributed by atoms with Crippen LogP contribution in [0.2, 0.25) is 0 Å². The first-order chi connectivity index (χ1) is 8.76. The molecule has 0 unspecified atom stereocenters. The largest absolute Gasteiger partial charge is 0.392 e. The van der Waals surface area contributed by atoms with E-state index < -0.39 is 0 Å². The molecule has 0 saturated heterocycles. The molecule has 0 fully saturated rings. The molecule has 0 aliphatic heterocycles. The monoisotopic (exact) mass is 412 g/mol. The topological polar surface area (TPSA) is 40.5 Å². The smallest absolute Gasteiger partial charge is 0.0778 e. The van der Waals surface area contributed by atoms with Crippen LogP contribution in [0.25, 0.3) is 0 Å². The lowest BCUT2D eigenvalue weighted by Gasteiger charge is -1.92. The molecular weight excluding hydrogens is 400 g/mol. The van der Waals surface area contributed by atoms with Gasteiger partial charge < -0.3 is 10.2 Å². The molecule has 6 heteroatoms. The van der Waals surface area contributed by atoms with E-state index in [1.54, 1.807) is 11.3 Å². The third-order valence-electron chi connectivity index (χ3n) is 2.25. The normalized spacial score (nSPS) is 10.0. The Balaban J connectivity index is 0.000000180. The second kappa shape index (κ2) is 9.23. The minimum Gasteiger partial charge on any atom is -0.392 e. The van der Waals surface area contributed by atoms with Gasteiger partial charge in [0.1, 0.15) is 0 Å². The van der Waals surface area contributed by atoms with Crippen molar-refractivity contribution in [2.45, 2.75) is 23.9 Å². The highest BCUT2D eigenvalue weighted by Crippen LogP contribution is 2.21. The second-order valence-corrected chi connectivity index (χ2v) is 6.44. The van der Waals surface area contributed by atoms with Gasteiger partial charge in [-0.15, -0.1) is 22.7 Å². The van der Waals surface area contributed by atoms with Crippen molar-refractivity contribution in [2.75, 3.05) is 0 Å². The van der Waals surface area contributed by atoms with Crippen LogP contribution in [0.15, 0.2) is 22.9 Å². The molecule has 2 N–H and O–H groups in total. The molecule has 18 heavy (non-hydrogen) atoms. The molecule has 2 rings (SSSR count). The first-order valence-corrected chi connectivity index (χ1v) is 9.21. The third-order valence-corrected chi connectivity index (χ3v) is 5.70. The van der Waals surface area contributed by atoms with Gasteiger partial charge in [-0.25, -0.2) is 0 Å². The Labute approximate surface area is 132 Å². The first kappa shape index (κ1) is 16.3. The number of aliphatic hydroxyl groups is 2. The fourth-order valence-corrected chi connectivity index (χ4v) is 4.22. The molecule has 0 aromatic carbocycles. The zero-order valence-electron chi connectivity index (χ0n) is 9.60. The van der Waals surface area contributed by atoms with E-state index in [2.05, 4.69) is 43.3 Å². The molecule has 2 aromatic heterocycles. The third kappa shape index (κ3) is 4.75. The molecule has 0 aliphatic carbocycles. The van der Waals surface area contributed by atoms with E-state index >= 15 is 0 Å². The molecule has 2 aromatic rings. The van der Waals surface area contributed by atoms with Gasteiger partial charge in [0.2, 0.25) is 0 Å². The summed E-state index contributed by atoms with van der Waals surface area (Å²) >= 11 is 10.1. The fraction of sp³-hybridized carbons (Fsp3) is 0.333. The number of aliphatic hydroxyl groups excluding tert-OH is 2. The van der Waals surface area contributed by atoms with Gasteiger partial charge in [-0.3, -0.25) is 0 Å². The second-order valence-electron chi connectivity index (χ2n) is 3.32. The van der Waals surface area contributed by atoms with Crippen LogP contribution in [0.4, 0.5) is 0 Å². The van der Waals surface area contributed by atoms with E-state index in [4.69, 9.17) is 10.2 Å². The lowest BCUT2D eigenvalue weighted by molar-refractivity contribution is 0.263. The maximum absolute atomic E-state index is 8.64. The fourth-order valence-electron chi connectivity index (χ4n) is 1.25. The summed E-state index contributed by atoms with van der Waals surface area (Å²) in [4.78, 5) is 2.28. The molecule has 0 atom stereocenters. The number of halogens is 2. The molecule has 0 saturated carbocycles. The Hall–Kier alpha value is 0.280. The van der Waals surface area contributed by atoms with Crippen molar-refractivity contribution in [1.82, 2.24) is 0 Å². The van der Waals surface area contributed by atoms with Gasteiger partial charge in [-0.2, -0.15) is 0 Å². The average molecular weight is 414 g/mol. The minimum absolute atomic E-state index is 0.0272.